The smallest absolute Gasteiger partial charge is 0.417 e. The van der Waals surface area contributed by atoms with Crippen LogP contribution >= 0.6 is 11.6 Å². The van der Waals surface area contributed by atoms with Crippen LogP contribution in [0.4, 0.5) is 24.5 Å². The van der Waals surface area contributed by atoms with Crippen molar-refractivity contribution in [3.63, 3.8) is 0 Å². The first-order valence-corrected chi connectivity index (χ1v) is 15.6. The van der Waals surface area contributed by atoms with Gasteiger partial charge in [0, 0.05) is 24.5 Å². The first-order chi connectivity index (χ1) is 19.2. The number of nitrogens with zero attached hydrogens (tertiary/aromatic N) is 1. The number of sulfonamides is 2. The van der Waals surface area contributed by atoms with E-state index >= 15 is 0 Å². The zero-order valence-corrected chi connectivity index (χ0v) is 23.9. The van der Waals surface area contributed by atoms with Gasteiger partial charge in [-0.3, -0.25) is 14.2 Å². The summed E-state index contributed by atoms with van der Waals surface area (Å²) < 4.78 is 101. The maximum atomic E-state index is 13.1. The van der Waals surface area contributed by atoms with Crippen molar-refractivity contribution >= 4 is 48.9 Å². The number of anilines is 2. The lowest BCUT2D eigenvalue weighted by atomic mass is 10.1. The lowest BCUT2D eigenvalue weighted by molar-refractivity contribution is -0.137. The number of hydrogen-bond acceptors (Lipinski definition) is 6. The van der Waals surface area contributed by atoms with Crippen LogP contribution < -0.4 is 14.2 Å². The van der Waals surface area contributed by atoms with Crippen LogP contribution in [0.1, 0.15) is 35.2 Å². The molecule has 0 aromatic heterocycles. The number of benzene rings is 3. The second-order valence-electron chi connectivity index (χ2n) is 9.14. The Kier molecular flexibility index (Phi) is 8.76. The van der Waals surface area contributed by atoms with E-state index in [4.69, 9.17) is 16.3 Å². The minimum atomic E-state index is -4.79. The molecule has 9 nitrogen and oxygen atoms in total. The highest BCUT2D eigenvalue weighted by molar-refractivity contribution is 7.93. The highest BCUT2D eigenvalue weighted by atomic mass is 35.5. The normalized spacial score (nSPS) is 14.4. The quantitative estimate of drug-likeness (QED) is 0.334. The van der Waals surface area contributed by atoms with Crippen LogP contribution in [0.15, 0.2) is 70.5 Å². The molecule has 1 amide bonds. The van der Waals surface area contributed by atoms with Crippen LogP contribution in [0.2, 0.25) is 5.02 Å². The van der Waals surface area contributed by atoms with Gasteiger partial charge in [-0.2, -0.15) is 13.2 Å². The third-order valence-corrected chi connectivity index (χ3v) is 9.40. The Morgan fingerprint density at radius 3 is 2.00 bits per heavy atom. The third kappa shape index (κ3) is 7.05. The molecule has 1 fully saturated rings. The highest BCUT2D eigenvalue weighted by Crippen LogP contribution is 2.36. The van der Waals surface area contributed by atoms with Crippen LogP contribution in [0.3, 0.4) is 0 Å². The van der Waals surface area contributed by atoms with Crippen LogP contribution in [-0.4, -0.2) is 47.8 Å². The second-order valence-corrected chi connectivity index (χ2v) is 12.9. The van der Waals surface area contributed by atoms with Crippen molar-refractivity contribution in [1.29, 1.82) is 0 Å². The van der Waals surface area contributed by atoms with Crippen LogP contribution in [0.5, 0.6) is 5.75 Å². The van der Waals surface area contributed by atoms with Gasteiger partial charge in [-0.15, -0.1) is 0 Å². The summed E-state index contributed by atoms with van der Waals surface area (Å²) in [5, 5.41) is -0.586. The van der Waals surface area contributed by atoms with Crippen LogP contribution in [0, 0.1) is 0 Å². The Morgan fingerprint density at radius 2 is 1.39 bits per heavy atom. The molecule has 0 radical (unpaired) electrons. The van der Waals surface area contributed by atoms with Gasteiger partial charge in [0.25, 0.3) is 26.0 Å². The number of hydrogen-bond donors (Lipinski definition) is 2. The predicted octanol–water partition coefficient (Wildman–Crippen LogP) is 5.60. The first-order valence-electron chi connectivity index (χ1n) is 12.2. The van der Waals surface area contributed by atoms with Gasteiger partial charge in [-0.25, -0.2) is 16.8 Å². The van der Waals surface area contributed by atoms with Crippen LogP contribution in [0.25, 0.3) is 0 Å². The number of alkyl halides is 3. The molecule has 2 N–H and O–H groups in total. The van der Waals surface area contributed by atoms with Gasteiger partial charge in [0.05, 0.1) is 33.1 Å². The summed E-state index contributed by atoms with van der Waals surface area (Å²) in [6, 6.07) is 11.0. The van der Waals surface area contributed by atoms with Crippen molar-refractivity contribution < 1.29 is 39.5 Å². The van der Waals surface area contributed by atoms with E-state index in [-0.39, 0.29) is 38.4 Å². The molecule has 0 saturated carbocycles. The van der Waals surface area contributed by atoms with E-state index in [2.05, 4.69) is 4.72 Å². The Balaban J connectivity index is 1.53. The van der Waals surface area contributed by atoms with E-state index in [1.165, 1.54) is 37.4 Å². The number of amides is 1. The minimum absolute atomic E-state index is 0.00882. The SMILES string of the molecule is COc1ccc(S(=O)(=O)Nc2ccc(S(=O)(=O)Nc3ccc(Cl)c(C(F)(F)F)c3)cc2)cc1C(=O)N1CCCCC1. The van der Waals surface area contributed by atoms with Crippen molar-refractivity contribution in [2.75, 3.05) is 29.6 Å². The van der Waals surface area contributed by atoms with E-state index in [9.17, 15) is 34.8 Å². The Bertz CT molecular complexity index is 1660. The molecule has 0 bridgehead atoms. The van der Waals surface area contributed by atoms with Gasteiger partial charge in [-0.05, 0) is 79.9 Å². The van der Waals surface area contributed by atoms with Gasteiger partial charge in [0.15, 0.2) is 0 Å². The summed E-state index contributed by atoms with van der Waals surface area (Å²) in [6.07, 6.45) is -2.08. The lowest BCUT2D eigenvalue weighted by Crippen LogP contribution is -2.35. The number of halogens is 4. The van der Waals surface area contributed by atoms with Gasteiger partial charge in [0.1, 0.15) is 5.75 Å². The molecule has 3 aromatic carbocycles. The molecule has 4 rings (SSSR count). The maximum absolute atomic E-state index is 13.1. The summed E-state index contributed by atoms with van der Waals surface area (Å²) in [7, 11) is -7.16. The van der Waals surface area contributed by atoms with E-state index in [1.807, 2.05) is 4.72 Å². The topological polar surface area (TPSA) is 122 Å². The van der Waals surface area contributed by atoms with Gasteiger partial charge >= 0.3 is 6.18 Å². The second kappa shape index (κ2) is 11.8. The molecule has 3 aromatic rings. The summed E-state index contributed by atoms with van der Waals surface area (Å²) in [6.45, 7) is 1.12. The molecular weight excluding hydrogens is 607 g/mol. The lowest BCUT2D eigenvalue weighted by Gasteiger charge is -2.27. The Labute approximate surface area is 240 Å². The molecule has 15 heteroatoms. The van der Waals surface area contributed by atoms with Crippen molar-refractivity contribution in [2.45, 2.75) is 35.2 Å². The number of piperidine rings is 1. The summed E-state index contributed by atoms with van der Waals surface area (Å²) in [4.78, 5) is 14.2. The molecular formula is C26H25ClF3N3O6S2. The molecule has 0 spiro atoms. The fraction of sp³-hybridized carbons (Fsp3) is 0.269. The molecule has 0 atom stereocenters. The van der Waals surface area contributed by atoms with Crippen molar-refractivity contribution in [2.24, 2.45) is 0 Å². The minimum Gasteiger partial charge on any atom is -0.496 e. The molecule has 220 valence electrons. The van der Waals surface area contributed by atoms with Crippen molar-refractivity contribution in [3.8, 4) is 5.75 Å². The summed E-state index contributed by atoms with van der Waals surface area (Å²) in [5.41, 5.74) is -1.46. The van der Waals surface area contributed by atoms with Gasteiger partial charge in [0.2, 0.25) is 0 Å². The number of methoxy groups -OCH3 is 1. The first kappa shape index (κ1) is 30.5. The van der Waals surface area contributed by atoms with E-state index in [1.54, 1.807) is 4.90 Å². The molecule has 1 heterocycles. The molecule has 0 aliphatic carbocycles. The fourth-order valence-corrected chi connectivity index (χ4v) is 6.58. The summed E-state index contributed by atoms with van der Waals surface area (Å²) >= 11 is 5.58. The number of carbonyl (C=O) groups is 1. The predicted molar refractivity (Wildman–Crippen MR) is 147 cm³/mol. The highest BCUT2D eigenvalue weighted by Gasteiger charge is 2.34. The van der Waals surface area contributed by atoms with Gasteiger partial charge in [-0.1, -0.05) is 11.6 Å². The largest absolute Gasteiger partial charge is 0.496 e. The zero-order chi connectivity index (χ0) is 30.0. The standard InChI is InChI=1S/C26H25ClF3N3O6S2/c1-39-24-12-10-20(16-21(24)25(34)33-13-3-2-4-14-33)41(37,38)31-17-5-8-19(9-6-17)40(35,36)32-18-7-11-23(27)22(15-18)26(28,29)30/h5-12,15-16,31-32H,2-4,13-14H2,1H3. The molecule has 1 aliphatic heterocycles. The number of ether oxygens (including phenoxy) is 1. The average Bonchev–Trinajstić information content (AvgIpc) is 2.93. The molecule has 1 saturated heterocycles. The average molecular weight is 632 g/mol. The maximum Gasteiger partial charge on any atom is 0.417 e. The summed E-state index contributed by atoms with van der Waals surface area (Å²) in [5.74, 6) is -0.117. The monoisotopic (exact) mass is 631 g/mol. The molecule has 41 heavy (non-hydrogen) atoms. The zero-order valence-electron chi connectivity index (χ0n) is 21.5. The Hall–Kier alpha value is -3.49. The van der Waals surface area contributed by atoms with Crippen molar-refractivity contribution in [1.82, 2.24) is 4.90 Å². The fourth-order valence-electron chi connectivity index (χ4n) is 4.23. The Morgan fingerprint density at radius 1 is 0.829 bits per heavy atom. The number of likely N-dealkylation sites (tertiary alicyclic amines) is 1. The molecule has 0 unspecified atom stereocenters. The molecule has 1 aliphatic rings. The van der Waals surface area contributed by atoms with E-state index in [0.717, 1.165) is 43.5 Å². The van der Waals surface area contributed by atoms with Crippen molar-refractivity contribution in [3.05, 3.63) is 76.8 Å². The van der Waals surface area contributed by atoms with Crippen LogP contribution in [-0.2, 0) is 26.2 Å². The van der Waals surface area contributed by atoms with Gasteiger partial charge < -0.3 is 9.64 Å². The number of carbonyl (C=O) groups excluding carboxylic acids is 1. The van der Waals surface area contributed by atoms with E-state index < -0.39 is 36.8 Å². The third-order valence-electron chi connectivity index (χ3n) is 6.30. The number of nitrogens with one attached hydrogen (secondary N) is 2. The van der Waals surface area contributed by atoms with E-state index in [0.29, 0.717) is 19.2 Å². The number of rotatable bonds is 8.